The van der Waals surface area contributed by atoms with Gasteiger partial charge in [0.1, 0.15) is 0 Å². The van der Waals surface area contributed by atoms with E-state index in [0.717, 1.165) is 16.7 Å². The second-order valence-corrected chi connectivity index (χ2v) is 4.25. The van der Waals surface area contributed by atoms with Crippen LogP contribution in [0.4, 0.5) is 0 Å². The summed E-state index contributed by atoms with van der Waals surface area (Å²) in [5.41, 5.74) is 3.11. The first-order valence-corrected chi connectivity index (χ1v) is 5.45. The van der Waals surface area contributed by atoms with Crippen LogP contribution in [0.5, 0.6) is 0 Å². The standard InChI is InChI=1S/C13H10Cl2/c1-9-12(14)7-11(8-13(9)15)10-5-3-2-4-6-10/h2-8H,1H3. The van der Waals surface area contributed by atoms with E-state index in [0.29, 0.717) is 10.0 Å². The van der Waals surface area contributed by atoms with Crippen LogP contribution >= 0.6 is 23.2 Å². The molecule has 0 aliphatic carbocycles. The lowest BCUT2D eigenvalue weighted by Gasteiger charge is -2.06. The van der Waals surface area contributed by atoms with Crippen molar-refractivity contribution < 1.29 is 0 Å². The van der Waals surface area contributed by atoms with E-state index >= 15 is 0 Å². The SMILES string of the molecule is Cc1c(Cl)cc(-c2ccccc2)cc1Cl. The van der Waals surface area contributed by atoms with Gasteiger partial charge in [-0.05, 0) is 35.7 Å². The van der Waals surface area contributed by atoms with Gasteiger partial charge in [-0.25, -0.2) is 0 Å². The fourth-order valence-electron chi connectivity index (χ4n) is 1.44. The summed E-state index contributed by atoms with van der Waals surface area (Å²) >= 11 is 12.2. The minimum Gasteiger partial charge on any atom is -0.0840 e. The molecule has 0 heterocycles. The fourth-order valence-corrected chi connectivity index (χ4v) is 1.93. The fraction of sp³-hybridized carbons (Fsp3) is 0.0769. The summed E-state index contributed by atoms with van der Waals surface area (Å²) in [5.74, 6) is 0. The Morgan fingerprint density at radius 2 is 1.33 bits per heavy atom. The monoisotopic (exact) mass is 236 g/mol. The molecule has 0 amide bonds. The maximum atomic E-state index is 6.08. The molecule has 0 saturated heterocycles. The molecule has 0 unspecified atom stereocenters. The first kappa shape index (κ1) is 10.5. The minimum absolute atomic E-state index is 0.710. The molecule has 0 aliphatic heterocycles. The van der Waals surface area contributed by atoms with E-state index in [4.69, 9.17) is 23.2 Å². The summed E-state index contributed by atoms with van der Waals surface area (Å²) in [4.78, 5) is 0. The van der Waals surface area contributed by atoms with Gasteiger partial charge in [0.25, 0.3) is 0 Å². The molecule has 2 heteroatoms. The van der Waals surface area contributed by atoms with E-state index in [1.165, 1.54) is 0 Å². The number of benzene rings is 2. The summed E-state index contributed by atoms with van der Waals surface area (Å²) < 4.78 is 0. The van der Waals surface area contributed by atoms with E-state index in [1.54, 1.807) is 0 Å². The van der Waals surface area contributed by atoms with Crippen molar-refractivity contribution in [3.8, 4) is 11.1 Å². The highest BCUT2D eigenvalue weighted by molar-refractivity contribution is 6.36. The van der Waals surface area contributed by atoms with Gasteiger partial charge in [0.15, 0.2) is 0 Å². The third-order valence-electron chi connectivity index (χ3n) is 2.39. The lowest BCUT2D eigenvalue weighted by Crippen LogP contribution is -1.82. The van der Waals surface area contributed by atoms with Crippen molar-refractivity contribution in [2.45, 2.75) is 6.92 Å². The van der Waals surface area contributed by atoms with Gasteiger partial charge in [0.05, 0.1) is 0 Å². The Bertz CT molecular complexity index is 452. The van der Waals surface area contributed by atoms with E-state index in [1.807, 2.05) is 49.4 Å². The van der Waals surface area contributed by atoms with Gasteiger partial charge in [-0.15, -0.1) is 0 Å². The highest BCUT2D eigenvalue weighted by Crippen LogP contribution is 2.30. The average Bonchev–Trinajstić information content (AvgIpc) is 2.26. The number of hydrogen-bond acceptors (Lipinski definition) is 0. The Hall–Kier alpha value is -0.980. The van der Waals surface area contributed by atoms with Crippen molar-refractivity contribution in [1.29, 1.82) is 0 Å². The first-order valence-electron chi connectivity index (χ1n) is 4.69. The molecular formula is C13H10Cl2. The molecule has 2 rings (SSSR count). The predicted octanol–water partition coefficient (Wildman–Crippen LogP) is 4.97. The molecule has 0 saturated carbocycles. The van der Waals surface area contributed by atoms with Crippen LogP contribution < -0.4 is 0 Å². The molecule has 76 valence electrons. The Balaban J connectivity index is 2.56. The Morgan fingerprint density at radius 3 is 1.87 bits per heavy atom. The van der Waals surface area contributed by atoms with E-state index in [-0.39, 0.29) is 0 Å². The van der Waals surface area contributed by atoms with Crippen LogP contribution in [0.15, 0.2) is 42.5 Å². The van der Waals surface area contributed by atoms with Crippen LogP contribution in [0.1, 0.15) is 5.56 Å². The van der Waals surface area contributed by atoms with Crippen molar-refractivity contribution in [2.24, 2.45) is 0 Å². The Morgan fingerprint density at radius 1 is 0.800 bits per heavy atom. The molecule has 0 radical (unpaired) electrons. The van der Waals surface area contributed by atoms with Crippen LogP contribution in [0.2, 0.25) is 10.0 Å². The molecule has 0 N–H and O–H groups in total. The quantitative estimate of drug-likeness (QED) is 0.656. The summed E-state index contributed by atoms with van der Waals surface area (Å²) in [7, 11) is 0. The third-order valence-corrected chi connectivity index (χ3v) is 3.17. The summed E-state index contributed by atoms with van der Waals surface area (Å²) in [5, 5.41) is 1.42. The van der Waals surface area contributed by atoms with Gasteiger partial charge in [-0.2, -0.15) is 0 Å². The Labute approximate surface area is 99.5 Å². The summed E-state index contributed by atoms with van der Waals surface area (Å²) in [6.07, 6.45) is 0. The van der Waals surface area contributed by atoms with Gasteiger partial charge in [-0.3, -0.25) is 0 Å². The van der Waals surface area contributed by atoms with Crippen LogP contribution in [0.3, 0.4) is 0 Å². The first-order chi connectivity index (χ1) is 7.18. The number of rotatable bonds is 1. The van der Waals surface area contributed by atoms with Gasteiger partial charge < -0.3 is 0 Å². The molecule has 0 atom stereocenters. The molecular weight excluding hydrogens is 227 g/mol. The lowest BCUT2D eigenvalue weighted by molar-refractivity contribution is 1.47. The van der Waals surface area contributed by atoms with Gasteiger partial charge >= 0.3 is 0 Å². The zero-order chi connectivity index (χ0) is 10.8. The van der Waals surface area contributed by atoms with Crippen molar-refractivity contribution in [3.05, 3.63) is 58.1 Å². The molecule has 0 aliphatic rings. The van der Waals surface area contributed by atoms with Crippen molar-refractivity contribution in [1.82, 2.24) is 0 Å². The maximum Gasteiger partial charge on any atom is 0.0456 e. The van der Waals surface area contributed by atoms with Gasteiger partial charge in [0.2, 0.25) is 0 Å². The summed E-state index contributed by atoms with van der Waals surface area (Å²) in [6.45, 7) is 1.92. The Kier molecular flexibility index (Phi) is 2.99. The zero-order valence-corrected chi connectivity index (χ0v) is 9.81. The van der Waals surface area contributed by atoms with Crippen LogP contribution in [-0.4, -0.2) is 0 Å². The van der Waals surface area contributed by atoms with E-state index in [2.05, 4.69) is 0 Å². The molecule has 0 aromatic heterocycles. The lowest BCUT2D eigenvalue weighted by atomic mass is 10.0. The number of hydrogen-bond donors (Lipinski definition) is 0. The van der Waals surface area contributed by atoms with Crippen LogP contribution in [0, 0.1) is 6.92 Å². The molecule has 0 nitrogen and oxygen atoms in total. The molecule has 0 spiro atoms. The van der Waals surface area contributed by atoms with E-state index < -0.39 is 0 Å². The van der Waals surface area contributed by atoms with Crippen molar-refractivity contribution in [2.75, 3.05) is 0 Å². The van der Waals surface area contributed by atoms with Crippen LogP contribution in [0.25, 0.3) is 11.1 Å². The maximum absolute atomic E-state index is 6.08. The molecule has 0 fully saturated rings. The molecule has 0 bridgehead atoms. The van der Waals surface area contributed by atoms with E-state index in [9.17, 15) is 0 Å². The smallest absolute Gasteiger partial charge is 0.0456 e. The largest absolute Gasteiger partial charge is 0.0840 e. The number of halogens is 2. The highest BCUT2D eigenvalue weighted by Gasteiger charge is 2.04. The van der Waals surface area contributed by atoms with Crippen molar-refractivity contribution >= 4 is 23.2 Å². The van der Waals surface area contributed by atoms with Crippen LogP contribution in [-0.2, 0) is 0 Å². The second kappa shape index (κ2) is 4.26. The topological polar surface area (TPSA) is 0 Å². The predicted molar refractivity (Wildman–Crippen MR) is 66.6 cm³/mol. The highest BCUT2D eigenvalue weighted by atomic mass is 35.5. The van der Waals surface area contributed by atoms with Gasteiger partial charge in [-0.1, -0.05) is 53.5 Å². The average molecular weight is 237 g/mol. The third kappa shape index (κ3) is 2.17. The normalized spacial score (nSPS) is 10.3. The molecule has 2 aromatic carbocycles. The molecule has 15 heavy (non-hydrogen) atoms. The van der Waals surface area contributed by atoms with Gasteiger partial charge in [0, 0.05) is 10.0 Å². The van der Waals surface area contributed by atoms with Crippen molar-refractivity contribution in [3.63, 3.8) is 0 Å². The second-order valence-electron chi connectivity index (χ2n) is 3.43. The molecule has 2 aromatic rings. The zero-order valence-electron chi connectivity index (χ0n) is 8.30. The minimum atomic E-state index is 0.710. The summed E-state index contributed by atoms with van der Waals surface area (Å²) in [6, 6.07) is 13.9.